The lowest BCUT2D eigenvalue weighted by atomic mass is 10.2. The Bertz CT molecular complexity index is 635. The summed E-state index contributed by atoms with van der Waals surface area (Å²) in [5.74, 6) is -0.539. The van der Waals surface area contributed by atoms with Gasteiger partial charge in [-0.15, -0.1) is 0 Å². The lowest BCUT2D eigenvalue weighted by Crippen LogP contribution is -2.32. The summed E-state index contributed by atoms with van der Waals surface area (Å²) in [6.45, 7) is 2.27. The Morgan fingerprint density at radius 2 is 1.68 bits per heavy atom. The summed E-state index contributed by atoms with van der Waals surface area (Å²) in [6.07, 6.45) is 5.62. The highest BCUT2D eigenvalue weighted by Crippen LogP contribution is 2.23. The number of rotatable bonds is 5. The molecule has 0 atom stereocenters. The van der Waals surface area contributed by atoms with Crippen molar-refractivity contribution in [3.05, 3.63) is 24.3 Å². The van der Waals surface area contributed by atoms with Gasteiger partial charge in [-0.25, -0.2) is 0 Å². The van der Waals surface area contributed by atoms with E-state index in [2.05, 4.69) is 16.3 Å². The third kappa shape index (κ3) is 4.59. The topological polar surface area (TPSA) is 69.7 Å². The van der Waals surface area contributed by atoms with Crippen LogP contribution in [0.4, 0.5) is 11.4 Å². The number of hydrogen-bond donors (Lipinski definition) is 1. The zero-order valence-electron chi connectivity index (χ0n) is 14.5. The summed E-state index contributed by atoms with van der Waals surface area (Å²) in [6, 6.07) is 7.88. The molecule has 0 radical (unpaired) electrons. The molecule has 2 fully saturated rings. The molecule has 0 aliphatic carbocycles. The van der Waals surface area contributed by atoms with Gasteiger partial charge in [-0.3, -0.25) is 19.3 Å². The maximum absolute atomic E-state index is 12.2. The van der Waals surface area contributed by atoms with Crippen LogP contribution >= 0.6 is 0 Å². The van der Waals surface area contributed by atoms with E-state index in [1.807, 2.05) is 18.2 Å². The van der Waals surface area contributed by atoms with Crippen molar-refractivity contribution in [1.82, 2.24) is 4.90 Å². The highest BCUT2D eigenvalue weighted by Gasteiger charge is 2.28. The molecule has 2 saturated heterocycles. The van der Waals surface area contributed by atoms with Crippen LogP contribution in [0.2, 0.25) is 0 Å². The molecule has 3 amide bonds. The number of anilines is 2. The van der Waals surface area contributed by atoms with Crippen molar-refractivity contribution in [2.45, 2.75) is 44.9 Å². The molecular weight excluding hydrogens is 318 g/mol. The van der Waals surface area contributed by atoms with E-state index >= 15 is 0 Å². The fourth-order valence-electron chi connectivity index (χ4n) is 3.42. The molecule has 2 aliphatic heterocycles. The Hall–Kier alpha value is -2.37. The summed E-state index contributed by atoms with van der Waals surface area (Å²) in [7, 11) is 0. The lowest BCUT2D eigenvalue weighted by Gasteiger charge is -2.23. The molecule has 2 aliphatic rings. The van der Waals surface area contributed by atoms with E-state index in [1.165, 1.54) is 30.6 Å². The van der Waals surface area contributed by atoms with E-state index in [1.54, 1.807) is 0 Å². The molecule has 2 heterocycles. The Balaban J connectivity index is 1.55. The standard InChI is InChI=1S/C19H25N3O3/c23-17(10-13-22-18(24)8-9-19(22)25)20-15-6-5-7-16(14-15)21-11-3-1-2-4-12-21/h5-7,14H,1-4,8-13H2,(H,20,23). The molecule has 0 aromatic heterocycles. The summed E-state index contributed by atoms with van der Waals surface area (Å²) in [5.41, 5.74) is 1.88. The lowest BCUT2D eigenvalue weighted by molar-refractivity contribution is -0.138. The molecule has 1 aromatic rings. The summed E-state index contributed by atoms with van der Waals surface area (Å²) >= 11 is 0. The van der Waals surface area contributed by atoms with Gasteiger partial charge in [-0.2, -0.15) is 0 Å². The molecule has 1 aromatic carbocycles. The predicted molar refractivity (Wildman–Crippen MR) is 96.3 cm³/mol. The summed E-state index contributed by atoms with van der Waals surface area (Å²) in [5, 5.41) is 2.88. The summed E-state index contributed by atoms with van der Waals surface area (Å²) in [4.78, 5) is 38.8. The van der Waals surface area contributed by atoms with Crippen LogP contribution in [0.15, 0.2) is 24.3 Å². The van der Waals surface area contributed by atoms with Crippen molar-refractivity contribution >= 4 is 29.1 Å². The van der Waals surface area contributed by atoms with Crippen molar-refractivity contribution in [3.8, 4) is 0 Å². The van der Waals surface area contributed by atoms with Gasteiger partial charge in [-0.1, -0.05) is 18.9 Å². The molecule has 0 spiro atoms. The third-order valence-electron chi connectivity index (χ3n) is 4.82. The van der Waals surface area contributed by atoms with Crippen LogP contribution in [0.1, 0.15) is 44.9 Å². The molecule has 25 heavy (non-hydrogen) atoms. The van der Waals surface area contributed by atoms with E-state index in [0.29, 0.717) is 0 Å². The number of nitrogens with one attached hydrogen (secondary N) is 1. The number of likely N-dealkylation sites (tertiary alicyclic amines) is 1. The van der Waals surface area contributed by atoms with Crippen LogP contribution in [0, 0.1) is 0 Å². The van der Waals surface area contributed by atoms with Gasteiger partial charge >= 0.3 is 0 Å². The Morgan fingerprint density at radius 3 is 2.36 bits per heavy atom. The fraction of sp³-hybridized carbons (Fsp3) is 0.526. The predicted octanol–water partition coefficient (Wildman–Crippen LogP) is 2.54. The Morgan fingerprint density at radius 1 is 1.00 bits per heavy atom. The first-order valence-electron chi connectivity index (χ1n) is 9.11. The van der Waals surface area contributed by atoms with Crippen molar-refractivity contribution < 1.29 is 14.4 Å². The first kappa shape index (κ1) is 17.5. The normalized spacial score (nSPS) is 18.4. The number of amides is 3. The number of nitrogens with zero attached hydrogens (tertiary/aromatic N) is 2. The quantitative estimate of drug-likeness (QED) is 0.834. The van der Waals surface area contributed by atoms with E-state index < -0.39 is 0 Å². The van der Waals surface area contributed by atoms with E-state index in [0.717, 1.165) is 24.5 Å². The van der Waals surface area contributed by atoms with Gasteiger partial charge in [0.05, 0.1) is 0 Å². The SMILES string of the molecule is O=C(CCN1C(=O)CCC1=O)Nc1cccc(N2CCCCCC2)c1. The van der Waals surface area contributed by atoms with Gasteiger partial charge in [0.15, 0.2) is 0 Å². The number of imide groups is 1. The smallest absolute Gasteiger partial charge is 0.229 e. The van der Waals surface area contributed by atoms with Crippen LogP contribution in [-0.2, 0) is 14.4 Å². The van der Waals surface area contributed by atoms with Gasteiger partial charge in [0.2, 0.25) is 17.7 Å². The number of carbonyl (C=O) groups excluding carboxylic acids is 3. The molecule has 134 valence electrons. The molecule has 6 nitrogen and oxygen atoms in total. The average molecular weight is 343 g/mol. The molecule has 0 unspecified atom stereocenters. The molecule has 3 rings (SSSR count). The first-order valence-corrected chi connectivity index (χ1v) is 9.11. The summed E-state index contributed by atoms with van der Waals surface area (Å²) < 4.78 is 0. The van der Waals surface area contributed by atoms with Gasteiger partial charge < -0.3 is 10.2 Å². The van der Waals surface area contributed by atoms with Crippen molar-refractivity contribution in [3.63, 3.8) is 0 Å². The highest BCUT2D eigenvalue weighted by molar-refractivity contribution is 6.02. The Kier molecular flexibility index (Phi) is 5.68. The van der Waals surface area contributed by atoms with E-state index in [-0.39, 0.29) is 43.5 Å². The zero-order valence-corrected chi connectivity index (χ0v) is 14.5. The Labute approximate surface area is 148 Å². The maximum Gasteiger partial charge on any atom is 0.229 e. The minimum Gasteiger partial charge on any atom is -0.371 e. The van der Waals surface area contributed by atoms with Gasteiger partial charge in [-0.05, 0) is 31.0 Å². The maximum atomic E-state index is 12.2. The van der Waals surface area contributed by atoms with Crippen LogP contribution in [0.5, 0.6) is 0 Å². The second-order valence-corrected chi connectivity index (χ2v) is 6.69. The van der Waals surface area contributed by atoms with Crippen LogP contribution in [0.3, 0.4) is 0 Å². The second-order valence-electron chi connectivity index (χ2n) is 6.69. The number of hydrogen-bond acceptors (Lipinski definition) is 4. The minimum absolute atomic E-state index is 0.130. The molecule has 6 heteroatoms. The second kappa shape index (κ2) is 8.14. The average Bonchev–Trinajstić information content (AvgIpc) is 2.82. The van der Waals surface area contributed by atoms with Crippen molar-refractivity contribution in [1.29, 1.82) is 0 Å². The zero-order chi connectivity index (χ0) is 17.6. The number of benzene rings is 1. The molecule has 1 N–H and O–H groups in total. The van der Waals surface area contributed by atoms with Crippen molar-refractivity contribution in [2.75, 3.05) is 29.9 Å². The van der Waals surface area contributed by atoms with Crippen molar-refractivity contribution in [2.24, 2.45) is 0 Å². The monoisotopic (exact) mass is 343 g/mol. The van der Waals surface area contributed by atoms with E-state index in [9.17, 15) is 14.4 Å². The van der Waals surface area contributed by atoms with E-state index in [4.69, 9.17) is 0 Å². The minimum atomic E-state index is -0.180. The van der Waals surface area contributed by atoms with Gasteiger partial charge in [0.1, 0.15) is 0 Å². The third-order valence-corrected chi connectivity index (χ3v) is 4.82. The van der Waals surface area contributed by atoms with Crippen LogP contribution < -0.4 is 10.2 Å². The number of carbonyl (C=O) groups is 3. The van der Waals surface area contributed by atoms with Gasteiger partial charge in [0.25, 0.3) is 0 Å². The van der Waals surface area contributed by atoms with Crippen LogP contribution in [0.25, 0.3) is 0 Å². The highest BCUT2D eigenvalue weighted by atomic mass is 16.2. The molecule has 0 saturated carbocycles. The molecule has 0 bridgehead atoms. The fourth-order valence-corrected chi connectivity index (χ4v) is 3.42. The first-order chi connectivity index (χ1) is 12.1. The van der Waals surface area contributed by atoms with Crippen LogP contribution in [-0.4, -0.2) is 42.3 Å². The molecular formula is C19H25N3O3. The largest absolute Gasteiger partial charge is 0.371 e. The van der Waals surface area contributed by atoms with Gasteiger partial charge in [0, 0.05) is 50.3 Å².